The van der Waals surface area contributed by atoms with Crippen molar-refractivity contribution in [1.29, 1.82) is 0 Å². The second kappa shape index (κ2) is 5.08. The highest BCUT2D eigenvalue weighted by molar-refractivity contribution is 6.02. The van der Waals surface area contributed by atoms with Crippen molar-refractivity contribution in [3.63, 3.8) is 0 Å². The third kappa shape index (κ3) is 2.26. The maximum atomic E-state index is 12.2. The van der Waals surface area contributed by atoms with Crippen molar-refractivity contribution in [3.05, 3.63) is 35.9 Å². The predicted octanol–water partition coefficient (Wildman–Crippen LogP) is 3.07. The van der Waals surface area contributed by atoms with E-state index in [1.165, 1.54) is 0 Å². The molecule has 1 aromatic rings. The standard InChI is InChI=1S/C13H18O2/c1-4-13(5-2,15-3)12(14)11-9-7-6-8-10-11/h6-10H,4-5H2,1-3H3. The Hall–Kier alpha value is -1.15. The van der Waals surface area contributed by atoms with Crippen LogP contribution in [-0.4, -0.2) is 18.5 Å². The Kier molecular flexibility index (Phi) is 4.04. The minimum absolute atomic E-state index is 0.0793. The van der Waals surface area contributed by atoms with Crippen LogP contribution in [0.15, 0.2) is 30.3 Å². The topological polar surface area (TPSA) is 26.3 Å². The van der Waals surface area contributed by atoms with Crippen molar-refractivity contribution in [2.45, 2.75) is 32.3 Å². The zero-order valence-electron chi connectivity index (χ0n) is 9.62. The number of ether oxygens (including phenoxy) is 1. The first-order chi connectivity index (χ1) is 7.20. The van der Waals surface area contributed by atoms with Gasteiger partial charge in [-0.25, -0.2) is 0 Å². The Morgan fingerprint density at radius 2 is 1.73 bits per heavy atom. The molecule has 0 radical (unpaired) electrons. The maximum absolute atomic E-state index is 12.2. The van der Waals surface area contributed by atoms with Gasteiger partial charge in [0.2, 0.25) is 0 Å². The fraction of sp³-hybridized carbons (Fsp3) is 0.462. The van der Waals surface area contributed by atoms with Crippen LogP contribution < -0.4 is 0 Å². The van der Waals surface area contributed by atoms with E-state index < -0.39 is 5.60 Å². The summed E-state index contributed by atoms with van der Waals surface area (Å²) < 4.78 is 5.40. The van der Waals surface area contributed by atoms with Crippen molar-refractivity contribution in [3.8, 4) is 0 Å². The minimum atomic E-state index is -0.651. The third-order valence-corrected chi connectivity index (χ3v) is 2.98. The summed E-state index contributed by atoms with van der Waals surface area (Å²) in [5.74, 6) is 0.0793. The van der Waals surface area contributed by atoms with Gasteiger partial charge in [0.1, 0.15) is 5.60 Å². The van der Waals surface area contributed by atoms with Gasteiger partial charge in [-0.2, -0.15) is 0 Å². The molecule has 2 heteroatoms. The van der Waals surface area contributed by atoms with Crippen LogP contribution in [-0.2, 0) is 4.74 Å². The molecular formula is C13H18O2. The van der Waals surface area contributed by atoms with Crippen LogP contribution in [0.5, 0.6) is 0 Å². The molecule has 82 valence electrons. The molecule has 0 aromatic heterocycles. The van der Waals surface area contributed by atoms with E-state index in [1.54, 1.807) is 7.11 Å². The SMILES string of the molecule is CCC(CC)(OC)C(=O)c1ccccc1. The van der Waals surface area contributed by atoms with Gasteiger partial charge in [-0.3, -0.25) is 4.79 Å². The van der Waals surface area contributed by atoms with Gasteiger partial charge in [0.25, 0.3) is 0 Å². The summed E-state index contributed by atoms with van der Waals surface area (Å²) in [7, 11) is 1.60. The van der Waals surface area contributed by atoms with E-state index in [9.17, 15) is 4.79 Å². The van der Waals surface area contributed by atoms with Gasteiger partial charge in [0.05, 0.1) is 0 Å². The van der Waals surface area contributed by atoms with Crippen LogP contribution >= 0.6 is 0 Å². The highest BCUT2D eigenvalue weighted by atomic mass is 16.5. The van der Waals surface area contributed by atoms with E-state index in [0.717, 1.165) is 5.56 Å². The highest BCUT2D eigenvalue weighted by Gasteiger charge is 2.34. The van der Waals surface area contributed by atoms with Gasteiger partial charge in [-0.05, 0) is 12.8 Å². The van der Waals surface area contributed by atoms with Crippen molar-refractivity contribution < 1.29 is 9.53 Å². The average Bonchev–Trinajstić information content (AvgIpc) is 2.33. The second-order valence-electron chi connectivity index (χ2n) is 3.60. The molecule has 0 aliphatic carbocycles. The number of ketones is 1. The first-order valence-electron chi connectivity index (χ1n) is 5.35. The number of hydrogen-bond donors (Lipinski definition) is 0. The number of carbonyl (C=O) groups is 1. The van der Waals surface area contributed by atoms with Gasteiger partial charge >= 0.3 is 0 Å². The van der Waals surface area contributed by atoms with E-state index >= 15 is 0 Å². The lowest BCUT2D eigenvalue weighted by atomic mass is 9.88. The van der Waals surface area contributed by atoms with Gasteiger partial charge in [0.15, 0.2) is 5.78 Å². The van der Waals surface area contributed by atoms with Gasteiger partial charge in [-0.15, -0.1) is 0 Å². The van der Waals surface area contributed by atoms with Crippen LogP contribution in [0.4, 0.5) is 0 Å². The molecule has 0 unspecified atom stereocenters. The summed E-state index contributed by atoms with van der Waals surface area (Å²) in [6.45, 7) is 3.96. The molecule has 0 N–H and O–H groups in total. The van der Waals surface area contributed by atoms with Crippen molar-refractivity contribution in [2.24, 2.45) is 0 Å². The van der Waals surface area contributed by atoms with Crippen LogP contribution in [0.2, 0.25) is 0 Å². The molecule has 0 bridgehead atoms. The quantitative estimate of drug-likeness (QED) is 0.692. The fourth-order valence-electron chi connectivity index (χ4n) is 1.81. The molecule has 0 aliphatic heterocycles. The number of Topliss-reactive ketones (excluding diaryl/α,β-unsaturated/α-hetero) is 1. The summed E-state index contributed by atoms with van der Waals surface area (Å²) in [4.78, 5) is 12.2. The third-order valence-electron chi connectivity index (χ3n) is 2.98. The smallest absolute Gasteiger partial charge is 0.194 e. The lowest BCUT2D eigenvalue weighted by Gasteiger charge is -2.28. The lowest BCUT2D eigenvalue weighted by Crippen LogP contribution is -2.39. The summed E-state index contributed by atoms with van der Waals surface area (Å²) in [6.07, 6.45) is 1.40. The number of rotatable bonds is 5. The Morgan fingerprint density at radius 1 is 1.20 bits per heavy atom. The van der Waals surface area contributed by atoms with E-state index in [0.29, 0.717) is 12.8 Å². The molecule has 0 fully saturated rings. The molecular weight excluding hydrogens is 188 g/mol. The van der Waals surface area contributed by atoms with Gasteiger partial charge < -0.3 is 4.74 Å². The van der Waals surface area contributed by atoms with E-state index in [-0.39, 0.29) is 5.78 Å². The molecule has 0 saturated heterocycles. The monoisotopic (exact) mass is 206 g/mol. The zero-order valence-corrected chi connectivity index (χ0v) is 9.62. The lowest BCUT2D eigenvalue weighted by molar-refractivity contribution is -0.00261. The molecule has 2 nitrogen and oxygen atoms in total. The Balaban J connectivity index is 3.01. The molecule has 0 heterocycles. The molecule has 0 saturated carbocycles. The molecule has 0 amide bonds. The molecule has 15 heavy (non-hydrogen) atoms. The maximum Gasteiger partial charge on any atom is 0.194 e. The highest BCUT2D eigenvalue weighted by Crippen LogP contribution is 2.24. The largest absolute Gasteiger partial charge is 0.370 e. The normalized spacial score (nSPS) is 11.4. The summed E-state index contributed by atoms with van der Waals surface area (Å²) >= 11 is 0. The molecule has 0 spiro atoms. The van der Waals surface area contributed by atoms with Crippen LogP contribution in [0.3, 0.4) is 0 Å². The van der Waals surface area contributed by atoms with E-state index in [1.807, 2.05) is 44.2 Å². The van der Waals surface area contributed by atoms with Crippen molar-refractivity contribution >= 4 is 5.78 Å². The number of carbonyl (C=O) groups excluding carboxylic acids is 1. The zero-order chi connectivity index (χ0) is 11.3. The molecule has 1 rings (SSSR count). The predicted molar refractivity (Wildman–Crippen MR) is 61.1 cm³/mol. The summed E-state index contributed by atoms with van der Waals surface area (Å²) in [5, 5.41) is 0. The second-order valence-corrected chi connectivity index (χ2v) is 3.60. The van der Waals surface area contributed by atoms with Gasteiger partial charge in [-0.1, -0.05) is 44.2 Å². The Labute approximate surface area is 91.3 Å². The number of hydrogen-bond acceptors (Lipinski definition) is 2. The number of benzene rings is 1. The first-order valence-corrected chi connectivity index (χ1v) is 5.35. The average molecular weight is 206 g/mol. The Bertz CT molecular complexity index is 304. The molecule has 1 aromatic carbocycles. The fourth-order valence-corrected chi connectivity index (χ4v) is 1.81. The van der Waals surface area contributed by atoms with Crippen LogP contribution in [0.25, 0.3) is 0 Å². The Morgan fingerprint density at radius 3 is 2.13 bits per heavy atom. The van der Waals surface area contributed by atoms with E-state index in [2.05, 4.69) is 0 Å². The van der Waals surface area contributed by atoms with Crippen molar-refractivity contribution in [2.75, 3.05) is 7.11 Å². The minimum Gasteiger partial charge on any atom is -0.370 e. The van der Waals surface area contributed by atoms with E-state index in [4.69, 9.17) is 4.74 Å². The van der Waals surface area contributed by atoms with Crippen molar-refractivity contribution in [1.82, 2.24) is 0 Å². The van der Waals surface area contributed by atoms with Crippen LogP contribution in [0, 0.1) is 0 Å². The first kappa shape index (κ1) is 11.9. The van der Waals surface area contributed by atoms with Crippen LogP contribution in [0.1, 0.15) is 37.0 Å². The number of methoxy groups -OCH3 is 1. The summed E-state index contributed by atoms with van der Waals surface area (Å²) in [6, 6.07) is 9.32. The summed E-state index contributed by atoms with van der Waals surface area (Å²) in [5.41, 5.74) is 0.0736. The molecule has 0 atom stereocenters. The molecule has 0 aliphatic rings. The van der Waals surface area contributed by atoms with Gasteiger partial charge in [0, 0.05) is 12.7 Å².